The Morgan fingerprint density at radius 1 is 1.10 bits per heavy atom. The fraction of sp³-hybridized carbons (Fsp3) is 0.167. The van der Waals surface area contributed by atoms with E-state index >= 15 is 0 Å². The van der Waals surface area contributed by atoms with Crippen molar-refractivity contribution in [2.24, 2.45) is 0 Å². The van der Waals surface area contributed by atoms with E-state index in [4.69, 9.17) is 16.3 Å². The van der Waals surface area contributed by atoms with E-state index in [-0.39, 0.29) is 22.0 Å². The molecule has 1 heterocycles. The highest BCUT2D eigenvalue weighted by Gasteiger charge is 2.36. The first kappa shape index (κ1) is 21.4. The summed E-state index contributed by atoms with van der Waals surface area (Å²) in [6, 6.07) is 15.9. The molecular weight excluding hydrogens is 437 g/mol. The van der Waals surface area contributed by atoms with E-state index in [1.165, 1.54) is 18.2 Å². The zero-order chi connectivity index (χ0) is 22.0. The number of ether oxygens (including phenoxy) is 1. The number of halogens is 2. The maximum absolute atomic E-state index is 14.2. The van der Waals surface area contributed by atoms with Crippen LogP contribution in [0.1, 0.15) is 24.5 Å². The van der Waals surface area contributed by atoms with E-state index in [0.717, 1.165) is 39.4 Å². The number of carbonyl (C=O) groups excluding carboxylic acids is 2. The Kier molecular flexibility index (Phi) is 6.30. The summed E-state index contributed by atoms with van der Waals surface area (Å²) in [7, 11) is 0. The van der Waals surface area contributed by atoms with Crippen LogP contribution >= 0.6 is 23.4 Å². The van der Waals surface area contributed by atoms with Crippen molar-refractivity contribution in [2.75, 3.05) is 6.61 Å². The largest absolute Gasteiger partial charge is 0.493 e. The normalized spacial score (nSPS) is 15.3. The molecular formula is C24H19ClFNO3S. The van der Waals surface area contributed by atoms with Gasteiger partial charge in [-0.3, -0.25) is 14.5 Å². The predicted octanol–water partition coefficient (Wildman–Crippen LogP) is 6.66. The monoisotopic (exact) mass is 455 g/mol. The molecule has 4 nitrogen and oxygen atoms in total. The molecule has 1 saturated heterocycles. The van der Waals surface area contributed by atoms with Gasteiger partial charge in [-0.15, -0.1) is 0 Å². The summed E-state index contributed by atoms with van der Waals surface area (Å²) >= 11 is 6.90. The second-order valence-corrected chi connectivity index (χ2v) is 8.42. The molecule has 0 bridgehead atoms. The Bertz CT molecular complexity index is 1190. The first-order chi connectivity index (χ1) is 15.0. The van der Waals surface area contributed by atoms with Gasteiger partial charge in [0.05, 0.1) is 18.1 Å². The molecule has 4 rings (SSSR count). The van der Waals surface area contributed by atoms with Gasteiger partial charge in [-0.2, -0.15) is 0 Å². The van der Waals surface area contributed by atoms with Gasteiger partial charge in [0.15, 0.2) is 0 Å². The van der Waals surface area contributed by atoms with Crippen LogP contribution in [0.3, 0.4) is 0 Å². The molecule has 0 atom stereocenters. The van der Waals surface area contributed by atoms with Crippen molar-refractivity contribution in [1.82, 2.24) is 4.90 Å². The minimum Gasteiger partial charge on any atom is -0.493 e. The van der Waals surface area contributed by atoms with E-state index in [1.54, 1.807) is 6.08 Å². The SMILES string of the molecule is CCCOc1ccc2ccccc2c1/C=C1\SC(=O)N(Cc2c(F)cccc2Cl)C1=O. The third-order valence-corrected chi connectivity index (χ3v) is 6.18. The van der Waals surface area contributed by atoms with Crippen LogP contribution in [-0.2, 0) is 11.3 Å². The third kappa shape index (κ3) is 4.31. The van der Waals surface area contributed by atoms with E-state index in [0.29, 0.717) is 12.4 Å². The van der Waals surface area contributed by atoms with Gasteiger partial charge in [-0.1, -0.05) is 54.9 Å². The molecule has 2 amide bonds. The Morgan fingerprint density at radius 3 is 2.68 bits per heavy atom. The highest BCUT2D eigenvalue weighted by atomic mass is 35.5. The van der Waals surface area contributed by atoms with Crippen molar-refractivity contribution >= 4 is 51.4 Å². The number of nitrogens with zero attached hydrogens (tertiary/aromatic N) is 1. The summed E-state index contributed by atoms with van der Waals surface area (Å²) in [6.45, 7) is 2.33. The number of amides is 2. The molecule has 0 N–H and O–H groups in total. The number of fused-ring (bicyclic) bond motifs is 1. The Labute approximate surface area is 188 Å². The van der Waals surface area contributed by atoms with Crippen molar-refractivity contribution in [3.63, 3.8) is 0 Å². The van der Waals surface area contributed by atoms with Crippen molar-refractivity contribution in [3.05, 3.63) is 81.5 Å². The summed E-state index contributed by atoms with van der Waals surface area (Å²) in [5.74, 6) is -0.395. The smallest absolute Gasteiger partial charge is 0.293 e. The third-order valence-electron chi connectivity index (χ3n) is 4.92. The number of imide groups is 1. The standard InChI is InChI=1S/C24H19ClFNO3S/c1-2-12-30-21-11-10-15-6-3-4-7-16(15)17(21)13-22-23(28)27(24(29)31-22)14-18-19(25)8-5-9-20(18)26/h3-11,13H,2,12,14H2,1H3/b22-13-. The molecule has 3 aromatic rings. The number of hydrogen-bond donors (Lipinski definition) is 0. The molecule has 0 unspecified atom stereocenters. The lowest BCUT2D eigenvalue weighted by Gasteiger charge is -2.14. The molecule has 31 heavy (non-hydrogen) atoms. The maximum Gasteiger partial charge on any atom is 0.293 e. The second-order valence-electron chi connectivity index (χ2n) is 7.02. The number of rotatable bonds is 6. The average Bonchev–Trinajstić information content (AvgIpc) is 3.03. The molecule has 1 fully saturated rings. The van der Waals surface area contributed by atoms with Crippen LogP contribution in [0.15, 0.2) is 59.5 Å². The average molecular weight is 456 g/mol. The zero-order valence-corrected chi connectivity index (χ0v) is 18.3. The van der Waals surface area contributed by atoms with Crippen LogP contribution < -0.4 is 4.74 Å². The molecule has 0 aromatic heterocycles. The van der Waals surface area contributed by atoms with Gasteiger partial charge in [-0.05, 0) is 53.2 Å². The molecule has 7 heteroatoms. The van der Waals surface area contributed by atoms with Crippen LogP contribution in [0.5, 0.6) is 5.75 Å². The molecule has 0 saturated carbocycles. The molecule has 0 radical (unpaired) electrons. The second kappa shape index (κ2) is 9.12. The lowest BCUT2D eigenvalue weighted by Crippen LogP contribution is -2.28. The Morgan fingerprint density at radius 2 is 1.90 bits per heavy atom. The van der Waals surface area contributed by atoms with Gasteiger partial charge in [-0.25, -0.2) is 4.39 Å². The zero-order valence-electron chi connectivity index (χ0n) is 16.7. The number of thioether (sulfide) groups is 1. The highest BCUT2D eigenvalue weighted by Crippen LogP contribution is 2.38. The predicted molar refractivity (Wildman–Crippen MR) is 123 cm³/mol. The first-order valence-corrected chi connectivity index (χ1v) is 11.0. The van der Waals surface area contributed by atoms with E-state index < -0.39 is 17.0 Å². The quantitative estimate of drug-likeness (QED) is 0.390. The molecule has 158 valence electrons. The first-order valence-electron chi connectivity index (χ1n) is 9.82. The van der Waals surface area contributed by atoms with Gasteiger partial charge in [0.25, 0.3) is 11.1 Å². The van der Waals surface area contributed by atoms with Gasteiger partial charge < -0.3 is 4.74 Å². The summed E-state index contributed by atoms with van der Waals surface area (Å²) in [5.41, 5.74) is 0.853. The number of carbonyl (C=O) groups is 2. The molecule has 1 aliphatic heterocycles. The Hall–Kier alpha value is -2.83. The summed E-state index contributed by atoms with van der Waals surface area (Å²) in [4.78, 5) is 26.9. The highest BCUT2D eigenvalue weighted by molar-refractivity contribution is 8.18. The topological polar surface area (TPSA) is 46.6 Å². The van der Waals surface area contributed by atoms with E-state index in [9.17, 15) is 14.0 Å². The molecule has 0 aliphatic carbocycles. The van der Waals surface area contributed by atoms with Crippen LogP contribution in [0.25, 0.3) is 16.8 Å². The molecule has 0 spiro atoms. The van der Waals surface area contributed by atoms with Gasteiger partial charge in [0.2, 0.25) is 0 Å². The maximum atomic E-state index is 14.2. The summed E-state index contributed by atoms with van der Waals surface area (Å²) in [5, 5.41) is 1.62. The van der Waals surface area contributed by atoms with Crippen molar-refractivity contribution in [2.45, 2.75) is 19.9 Å². The van der Waals surface area contributed by atoms with Gasteiger partial charge in [0.1, 0.15) is 11.6 Å². The van der Waals surface area contributed by atoms with Gasteiger partial charge >= 0.3 is 0 Å². The fourth-order valence-electron chi connectivity index (χ4n) is 3.37. The summed E-state index contributed by atoms with van der Waals surface area (Å²) in [6.07, 6.45) is 2.52. The van der Waals surface area contributed by atoms with E-state index in [2.05, 4.69) is 0 Å². The number of hydrogen-bond acceptors (Lipinski definition) is 4. The van der Waals surface area contributed by atoms with Crippen LogP contribution in [0, 0.1) is 5.82 Å². The lowest BCUT2D eigenvalue weighted by molar-refractivity contribution is -0.123. The van der Waals surface area contributed by atoms with Crippen LogP contribution in [0.2, 0.25) is 5.02 Å². The van der Waals surface area contributed by atoms with Crippen molar-refractivity contribution < 1.29 is 18.7 Å². The Balaban J connectivity index is 1.72. The minimum atomic E-state index is -0.556. The summed E-state index contributed by atoms with van der Waals surface area (Å²) < 4.78 is 20.1. The van der Waals surface area contributed by atoms with E-state index in [1.807, 2.05) is 43.3 Å². The van der Waals surface area contributed by atoms with Crippen molar-refractivity contribution in [3.8, 4) is 5.75 Å². The molecule has 3 aromatic carbocycles. The molecule has 1 aliphatic rings. The van der Waals surface area contributed by atoms with Crippen LogP contribution in [0.4, 0.5) is 9.18 Å². The lowest BCUT2D eigenvalue weighted by atomic mass is 10.0. The van der Waals surface area contributed by atoms with Crippen LogP contribution in [-0.4, -0.2) is 22.7 Å². The fourth-order valence-corrected chi connectivity index (χ4v) is 4.41. The number of benzene rings is 3. The van der Waals surface area contributed by atoms with Gasteiger partial charge in [0, 0.05) is 16.1 Å². The van der Waals surface area contributed by atoms with Crippen molar-refractivity contribution in [1.29, 1.82) is 0 Å². The minimum absolute atomic E-state index is 0.116.